The molecule has 4 bridgehead atoms. The van der Waals surface area contributed by atoms with Gasteiger partial charge in [0.1, 0.15) is 0 Å². The quantitative estimate of drug-likeness (QED) is 0.674. The highest BCUT2D eigenvalue weighted by atomic mass is 16.3. The molecule has 0 aromatic rings. The molecule has 1 spiro atoms. The number of aliphatic hydroxyl groups excluding tert-OH is 1. The number of nitrogens with zero attached hydrogens (tertiary/aromatic N) is 1. The van der Waals surface area contributed by atoms with Gasteiger partial charge in [0, 0.05) is 23.6 Å². The van der Waals surface area contributed by atoms with Crippen LogP contribution in [0.4, 0.5) is 0 Å². The number of rotatable bonds is 0. The Balaban J connectivity index is 1.66. The maximum atomic E-state index is 11.1. The molecule has 5 saturated carbocycles. The van der Waals surface area contributed by atoms with E-state index in [2.05, 4.69) is 19.7 Å². The Bertz CT molecular complexity index is 568. The smallest absolute Gasteiger partial charge is 0.0809 e. The molecule has 6 aliphatic rings. The largest absolute Gasteiger partial charge is 0.388 e. The first kappa shape index (κ1) is 13.8. The highest BCUT2D eigenvalue weighted by Gasteiger charge is 2.68. The Kier molecular flexibility index (Phi) is 2.54. The summed E-state index contributed by atoms with van der Waals surface area (Å²) < 4.78 is 0. The Labute approximate surface area is 134 Å². The monoisotopic (exact) mass is 299 g/mol. The lowest BCUT2D eigenvalue weighted by Crippen LogP contribution is -2.66. The predicted molar refractivity (Wildman–Crippen MR) is 88.9 cm³/mol. The van der Waals surface area contributed by atoms with Crippen LogP contribution in [-0.2, 0) is 0 Å². The highest BCUT2D eigenvalue weighted by Crippen LogP contribution is 2.72. The summed E-state index contributed by atoms with van der Waals surface area (Å²) in [5.74, 6) is 2.03. The lowest BCUT2D eigenvalue weighted by Gasteiger charge is -2.70. The third-order valence-electron chi connectivity index (χ3n) is 8.77. The summed E-state index contributed by atoms with van der Waals surface area (Å²) in [5.41, 5.74) is 2.00. The lowest BCUT2D eigenvalue weighted by molar-refractivity contribution is -0.185. The van der Waals surface area contributed by atoms with E-state index >= 15 is 0 Å². The summed E-state index contributed by atoms with van der Waals surface area (Å²) in [6.07, 6.45) is 12.5. The maximum Gasteiger partial charge on any atom is 0.0809 e. The first-order valence-corrected chi connectivity index (χ1v) is 9.40. The molecule has 22 heavy (non-hydrogen) atoms. The zero-order valence-corrected chi connectivity index (χ0v) is 13.9. The summed E-state index contributed by atoms with van der Waals surface area (Å²) in [5, 5.41) is 11.1. The highest BCUT2D eigenvalue weighted by molar-refractivity contribution is 5.70. The minimum absolute atomic E-state index is 0.129. The standard InChI is InChI=1S/C20H29NO/c1-13-14-4-8-19(17(13)22)9-5-15-18(2)6-3-7-20(15,12-21-11-18)16(19)10-14/h12,14-17,22H,1,3-11H2,2H3. The van der Waals surface area contributed by atoms with E-state index in [4.69, 9.17) is 4.99 Å². The minimum atomic E-state index is -0.246. The van der Waals surface area contributed by atoms with Gasteiger partial charge in [0.05, 0.1) is 6.10 Å². The zero-order chi connectivity index (χ0) is 15.2. The van der Waals surface area contributed by atoms with Gasteiger partial charge in [-0.2, -0.15) is 0 Å². The molecule has 1 heterocycles. The molecule has 1 N–H and O–H groups in total. The third kappa shape index (κ3) is 1.36. The van der Waals surface area contributed by atoms with Crippen LogP contribution in [0.2, 0.25) is 0 Å². The summed E-state index contributed by atoms with van der Waals surface area (Å²) in [6, 6.07) is 0. The van der Waals surface area contributed by atoms with Crippen molar-refractivity contribution in [1.82, 2.24) is 0 Å². The van der Waals surface area contributed by atoms with Gasteiger partial charge in [-0.05, 0) is 73.7 Å². The van der Waals surface area contributed by atoms with Gasteiger partial charge in [-0.1, -0.05) is 19.9 Å². The van der Waals surface area contributed by atoms with Crippen LogP contribution in [0.5, 0.6) is 0 Å². The second kappa shape index (κ2) is 4.06. The summed E-state index contributed by atoms with van der Waals surface area (Å²) in [6.45, 7) is 7.81. The van der Waals surface area contributed by atoms with E-state index in [9.17, 15) is 5.11 Å². The number of hydrogen-bond donors (Lipinski definition) is 1. The van der Waals surface area contributed by atoms with Gasteiger partial charge in [0.25, 0.3) is 0 Å². The number of aliphatic hydroxyl groups is 1. The molecule has 6 rings (SSSR count). The number of fused-ring (bicyclic) bond motifs is 2. The Hall–Kier alpha value is -0.630. The van der Waals surface area contributed by atoms with Crippen molar-refractivity contribution in [1.29, 1.82) is 0 Å². The van der Waals surface area contributed by atoms with Gasteiger partial charge < -0.3 is 5.11 Å². The van der Waals surface area contributed by atoms with E-state index < -0.39 is 0 Å². The van der Waals surface area contributed by atoms with Crippen LogP contribution in [0.15, 0.2) is 17.1 Å². The first-order valence-electron chi connectivity index (χ1n) is 9.40. The van der Waals surface area contributed by atoms with Gasteiger partial charge in [-0.15, -0.1) is 0 Å². The van der Waals surface area contributed by atoms with Gasteiger partial charge in [0.2, 0.25) is 0 Å². The predicted octanol–water partition coefficient (Wildman–Crippen LogP) is 3.99. The second-order valence-electron chi connectivity index (χ2n) is 9.42. The van der Waals surface area contributed by atoms with Crippen molar-refractivity contribution in [2.45, 2.75) is 64.4 Å². The first-order chi connectivity index (χ1) is 10.5. The maximum absolute atomic E-state index is 11.1. The van der Waals surface area contributed by atoms with E-state index in [0.717, 1.165) is 18.0 Å². The van der Waals surface area contributed by atoms with E-state index in [-0.39, 0.29) is 11.5 Å². The van der Waals surface area contributed by atoms with Gasteiger partial charge in [-0.3, -0.25) is 4.99 Å². The molecule has 120 valence electrons. The van der Waals surface area contributed by atoms with Crippen LogP contribution in [0.3, 0.4) is 0 Å². The van der Waals surface area contributed by atoms with Crippen molar-refractivity contribution in [3.05, 3.63) is 12.2 Å². The second-order valence-corrected chi connectivity index (χ2v) is 9.42. The molecule has 5 fully saturated rings. The van der Waals surface area contributed by atoms with E-state index in [1.165, 1.54) is 51.4 Å². The van der Waals surface area contributed by atoms with Gasteiger partial charge >= 0.3 is 0 Å². The molecule has 0 amide bonds. The van der Waals surface area contributed by atoms with Crippen LogP contribution >= 0.6 is 0 Å². The van der Waals surface area contributed by atoms with Gasteiger partial charge in [-0.25, -0.2) is 0 Å². The minimum Gasteiger partial charge on any atom is -0.388 e. The van der Waals surface area contributed by atoms with Crippen molar-refractivity contribution in [3.63, 3.8) is 0 Å². The SMILES string of the molecule is C=C1C2CCC3(CCC4C5(C)CCCC4(C=NC5)C3C2)C1O. The van der Waals surface area contributed by atoms with Crippen LogP contribution in [-0.4, -0.2) is 24.0 Å². The molecule has 1 aliphatic heterocycles. The molecule has 0 aromatic carbocycles. The molecule has 7 atom stereocenters. The topological polar surface area (TPSA) is 32.6 Å². The molecule has 2 nitrogen and oxygen atoms in total. The fourth-order valence-corrected chi connectivity index (χ4v) is 7.80. The number of hydrogen-bond acceptors (Lipinski definition) is 2. The van der Waals surface area contributed by atoms with Crippen molar-refractivity contribution in [2.75, 3.05) is 6.54 Å². The van der Waals surface area contributed by atoms with E-state index in [0.29, 0.717) is 22.7 Å². The van der Waals surface area contributed by atoms with Gasteiger partial charge in [0.15, 0.2) is 0 Å². The summed E-state index contributed by atoms with van der Waals surface area (Å²) in [4.78, 5) is 4.89. The summed E-state index contributed by atoms with van der Waals surface area (Å²) >= 11 is 0. The molecule has 2 heteroatoms. The molecule has 0 aromatic heterocycles. The van der Waals surface area contributed by atoms with Crippen LogP contribution in [0.25, 0.3) is 0 Å². The van der Waals surface area contributed by atoms with Crippen molar-refractivity contribution >= 4 is 6.21 Å². The Morgan fingerprint density at radius 1 is 1.18 bits per heavy atom. The Morgan fingerprint density at radius 2 is 2.00 bits per heavy atom. The molecular formula is C20H29NO. The van der Waals surface area contributed by atoms with Crippen LogP contribution in [0.1, 0.15) is 58.3 Å². The fraction of sp³-hybridized carbons (Fsp3) is 0.850. The lowest BCUT2D eigenvalue weighted by atomic mass is 9.35. The Morgan fingerprint density at radius 3 is 2.86 bits per heavy atom. The molecule has 7 unspecified atom stereocenters. The fourth-order valence-electron chi connectivity index (χ4n) is 7.80. The van der Waals surface area contributed by atoms with Crippen molar-refractivity contribution < 1.29 is 5.11 Å². The van der Waals surface area contributed by atoms with Crippen LogP contribution in [0, 0.1) is 34.0 Å². The number of aliphatic imine (C=N–C) groups is 1. The van der Waals surface area contributed by atoms with Crippen LogP contribution < -0.4 is 0 Å². The average molecular weight is 299 g/mol. The molecule has 5 aliphatic carbocycles. The van der Waals surface area contributed by atoms with E-state index in [1.807, 2.05) is 0 Å². The normalized spacial score (nSPS) is 59.1. The third-order valence-corrected chi connectivity index (χ3v) is 8.77. The van der Waals surface area contributed by atoms with Crippen molar-refractivity contribution in [3.8, 4) is 0 Å². The van der Waals surface area contributed by atoms with E-state index in [1.54, 1.807) is 0 Å². The summed E-state index contributed by atoms with van der Waals surface area (Å²) in [7, 11) is 0. The molecular weight excluding hydrogens is 270 g/mol. The molecule has 0 radical (unpaired) electrons. The van der Waals surface area contributed by atoms with Crippen molar-refractivity contribution in [2.24, 2.45) is 39.0 Å². The average Bonchev–Trinajstić information content (AvgIpc) is 2.50. The molecule has 0 saturated heterocycles. The zero-order valence-electron chi connectivity index (χ0n) is 13.9.